The van der Waals surface area contributed by atoms with E-state index >= 15 is 0 Å². The fraction of sp³-hybridized carbons (Fsp3) is 0.0714. The lowest BCUT2D eigenvalue weighted by atomic mass is 10.1. The smallest absolute Gasteiger partial charge is 0.146 e. The van der Waals surface area contributed by atoms with Crippen LogP contribution in [0.25, 0.3) is 11.0 Å². The molecule has 0 fully saturated rings. The average Bonchev–Trinajstić information content (AvgIpc) is 2.84. The molecule has 0 aliphatic carbocycles. The van der Waals surface area contributed by atoms with Gasteiger partial charge in [-0.15, -0.1) is 0 Å². The van der Waals surface area contributed by atoms with Crippen LogP contribution in [-0.4, -0.2) is 4.98 Å². The van der Waals surface area contributed by atoms with Crippen molar-refractivity contribution in [3.63, 3.8) is 0 Å². The van der Waals surface area contributed by atoms with E-state index in [2.05, 4.69) is 10.4 Å². The van der Waals surface area contributed by atoms with Gasteiger partial charge in [0, 0.05) is 16.6 Å². The molecule has 3 N–H and O–H groups in total. The standard InChI is InChI=1S/C14H11ClFN3O/c15-9-3-4-11-8(6-9)7-12(20-11)14(19-17)13-10(16)2-1-5-18-13/h1-7,14,19H,17H2. The molecule has 102 valence electrons. The third-order valence-electron chi connectivity index (χ3n) is 3.01. The highest BCUT2D eigenvalue weighted by Gasteiger charge is 2.21. The molecule has 2 heterocycles. The Morgan fingerprint density at radius 3 is 2.90 bits per heavy atom. The van der Waals surface area contributed by atoms with Gasteiger partial charge in [-0.1, -0.05) is 11.6 Å². The van der Waals surface area contributed by atoms with Crippen LogP contribution in [-0.2, 0) is 0 Å². The van der Waals surface area contributed by atoms with Crippen LogP contribution in [0.3, 0.4) is 0 Å². The van der Waals surface area contributed by atoms with Crippen molar-refractivity contribution < 1.29 is 8.81 Å². The van der Waals surface area contributed by atoms with Gasteiger partial charge in [0.25, 0.3) is 0 Å². The SMILES string of the molecule is NNC(c1cc2cc(Cl)ccc2o1)c1ncccc1F. The van der Waals surface area contributed by atoms with Crippen molar-refractivity contribution >= 4 is 22.6 Å². The normalized spacial score (nSPS) is 12.8. The Morgan fingerprint density at radius 1 is 1.30 bits per heavy atom. The predicted molar refractivity (Wildman–Crippen MR) is 74.6 cm³/mol. The molecule has 0 radical (unpaired) electrons. The second-order valence-corrected chi connectivity index (χ2v) is 4.74. The summed E-state index contributed by atoms with van der Waals surface area (Å²) >= 11 is 5.93. The largest absolute Gasteiger partial charge is 0.459 e. The van der Waals surface area contributed by atoms with Crippen LogP contribution in [0.4, 0.5) is 4.39 Å². The zero-order valence-corrected chi connectivity index (χ0v) is 11.1. The summed E-state index contributed by atoms with van der Waals surface area (Å²) in [6.45, 7) is 0. The maximum Gasteiger partial charge on any atom is 0.146 e. The van der Waals surface area contributed by atoms with E-state index < -0.39 is 11.9 Å². The third-order valence-corrected chi connectivity index (χ3v) is 3.24. The summed E-state index contributed by atoms with van der Waals surface area (Å²) in [5.74, 6) is 5.54. The van der Waals surface area contributed by atoms with Crippen LogP contribution < -0.4 is 11.3 Å². The Bertz CT molecular complexity index is 759. The van der Waals surface area contributed by atoms with E-state index in [1.54, 1.807) is 24.3 Å². The number of nitrogens with one attached hydrogen (secondary N) is 1. The predicted octanol–water partition coefficient (Wildman–Crippen LogP) is 3.17. The van der Waals surface area contributed by atoms with Crippen molar-refractivity contribution in [3.8, 4) is 0 Å². The number of pyridine rings is 1. The number of hydrazine groups is 1. The summed E-state index contributed by atoms with van der Waals surface area (Å²) in [6.07, 6.45) is 1.50. The average molecular weight is 292 g/mol. The van der Waals surface area contributed by atoms with Crippen LogP contribution in [0.15, 0.2) is 47.0 Å². The van der Waals surface area contributed by atoms with Crippen molar-refractivity contribution in [2.75, 3.05) is 0 Å². The molecule has 0 aliphatic heterocycles. The molecule has 0 saturated heterocycles. The van der Waals surface area contributed by atoms with Crippen LogP contribution >= 0.6 is 11.6 Å². The molecule has 1 atom stereocenters. The van der Waals surface area contributed by atoms with Gasteiger partial charge in [0.05, 0.1) is 0 Å². The summed E-state index contributed by atoms with van der Waals surface area (Å²) < 4.78 is 19.5. The van der Waals surface area contributed by atoms with E-state index in [0.29, 0.717) is 16.4 Å². The van der Waals surface area contributed by atoms with Gasteiger partial charge in [0.1, 0.15) is 28.9 Å². The number of nitrogens with zero attached hydrogens (tertiary/aromatic N) is 1. The van der Waals surface area contributed by atoms with E-state index in [4.69, 9.17) is 21.9 Å². The van der Waals surface area contributed by atoms with Gasteiger partial charge in [-0.25, -0.2) is 9.82 Å². The summed E-state index contributed by atoms with van der Waals surface area (Å²) in [6, 6.07) is 9.19. The fourth-order valence-electron chi connectivity index (χ4n) is 2.08. The first-order chi connectivity index (χ1) is 9.69. The lowest BCUT2D eigenvalue weighted by molar-refractivity contribution is 0.454. The molecule has 0 saturated carbocycles. The second kappa shape index (κ2) is 5.20. The quantitative estimate of drug-likeness (QED) is 0.575. The van der Waals surface area contributed by atoms with Crippen molar-refractivity contribution in [2.45, 2.75) is 6.04 Å². The number of halogens is 2. The van der Waals surface area contributed by atoms with Crippen LogP contribution in [0.2, 0.25) is 5.02 Å². The van der Waals surface area contributed by atoms with Crippen molar-refractivity contribution in [1.29, 1.82) is 0 Å². The first-order valence-corrected chi connectivity index (χ1v) is 6.32. The number of rotatable bonds is 3. The molecule has 1 unspecified atom stereocenters. The van der Waals surface area contributed by atoms with Crippen molar-refractivity contribution in [1.82, 2.24) is 10.4 Å². The molecular formula is C14H11ClFN3O. The third kappa shape index (κ3) is 2.27. The minimum atomic E-state index is -0.664. The number of benzene rings is 1. The molecule has 3 rings (SSSR count). The maximum atomic E-state index is 13.8. The Labute approximate surface area is 119 Å². The minimum absolute atomic E-state index is 0.181. The lowest BCUT2D eigenvalue weighted by Crippen LogP contribution is -2.29. The number of furan rings is 1. The Kier molecular flexibility index (Phi) is 3.40. The van der Waals surface area contributed by atoms with E-state index in [-0.39, 0.29) is 5.69 Å². The van der Waals surface area contributed by atoms with Gasteiger partial charge in [0.15, 0.2) is 0 Å². The van der Waals surface area contributed by atoms with Gasteiger partial charge in [-0.3, -0.25) is 10.8 Å². The molecule has 4 nitrogen and oxygen atoms in total. The fourth-order valence-corrected chi connectivity index (χ4v) is 2.26. The molecule has 20 heavy (non-hydrogen) atoms. The summed E-state index contributed by atoms with van der Waals surface area (Å²) in [7, 11) is 0. The van der Waals surface area contributed by atoms with Gasteiger partial charge >= 0.3 is 0 Å². The molecule has 0 amide bonds. The number of nitrogens with two attached hydrogens (primary N) is 1. The molecular weight excluding hydrogens is 281 g/mol. The molecule has 0 bridgehead atoms. The number of aromatic nitrogens is 1. The highest BCUT2D eigenvalue weighted by atomic mass is 35.5. The Balaban J connectivity index is 2.10. The minimum Gasteiger partial charge on any atom is -0.459 e. The second-order valence-electron chi connectivity index (χ2n) is 4.30. The molecule has 6 heteroatoms. The highest BCUT2D eigenvalue weighted by molar-refractivity contribution is 6.31. The van der Waals surface area contributed by atoms with E-state index in [9.17, 15) is 4.39 Å². The van der Waals surface area contributed by atoms with E-state index in [1.165, 1.54) is 18.3 Å². The first-order valence-electron chi connectivity index (χ1n) is 5.94. The van der Waals surface area contributed by atoms with Crippen LogP contribution in [0.1, 0.15) is 17.5 Å². The topological polar surface area (TPSA) is 64.1 Å². The lowest BCUT2D eigenvalue weighted by Gasteiger charge is -2.12. The van der Waals surface area contributed by atoms with Crippen LogP contribution in [0, 0.1) is 5.82 Å². The number of fused-ring (bicyclic) bond motifs is 1. The summed E-state index contributed by atoms with van der Waals surface area (Å²) in [4.78, 5) is 4.01. The van der Waals surface area contributed by atoms with Gasteiger partial charge in [0.2, 0.25) is 0 Å². The molecule has 1 aromatic carbocycles. The zero-order valence-electron chi connectivity index (χ0n) is 10.3. The van der Waals surface area contributed by atoms with Crippen molar-refractivity contribution in [2.24, 2.45) is 5.84 Å². The molecule has 0 aliphatic rings. The van der Waals surface area contributed by atoms with Crippen LogP contribution in [0.5, 0.6) is 0 Å². The summed E-state index contributed by atoms with van der Waals surface area (Å²) in [5, 5.41) is 1.43. The van der Waals surface area contributed by atoms with Gasteiger partial charge in [-0.2, -0.15) is 0 Å². The molecule has 0 spiro atoms. The van der Waals surface area contributed by atoms with Gasteiger partial charge in [-0.05, 0) is 36.4 Å². The zero-order chi connectivity index (χ0) is 14.1. The number of hydrogen-bond donors (Lipinski definition) is 2. The molecule has 3 aromatic rings. The summed E-state index contributed by atoms with van der Waals surface area (Å²) in [5.41, 5.74) is 3.36. The Morgan fingerprint density at radius 2 is 2.15 bits per heavy atom. The van der Waals surface area contributed by atoms with Gasteiger partial charge < -0.3 is 4.42 Å². The molecule has 2 aromatic heterocycles. The Hall–Kier alpha value is -1.95. The highest BCUT2D eigenvalue weighted by Crippen LogP contribution is 2.29. The number of hydrogen-bond acceptors (Lipinski definition) is 4. The van der Waals surface area contributed by atoms with Crippen molar-refractivity contribution in [3.05, 3.63) is 64.9 Å². The monoisotopic (exact) mass is 291 g/mol. The van der Waals surface area contributed by atoms with E-state index in [1.807, 2.05) is 0 Å². The maximum absolute atomic E-state index is 13.8. The first kappa shape index (κ1) is 13.1. The van der Waals surface area contributed by atoms with E-state index in [0.717, 1.165) is 5.39 Å².